The first-order valence-corrected chi connectivity index (χ1v) is 4.94. The predicted molar refractivity (Wildman–Crippen MR) is 61.7 cm³/mol. The van der Waals surface area contributed by atoms with Gasteiger partial charge in [-0.15, -0.1) is 0 Å². The first-order chi connectivity index (χ1) is 7.63. The Hall–Kier alpha value is -1.97. The highest BCUT2D eigenvalue weighted by Crippen LogP contribution is 2.15. The molecule has 1 rings (SSSR count). The highest BCUT2D eigenvalue weighted by Gasteiger charge is 1.98. The molecule has 0 unspecified atom stereocenters. The van der Waals surface area contributed by atoms with E-state index in [4.69, 9.17) is 16.9 Å². The Morgan fingerprint density at radius 2 is 2.31 bits per heavy atom. The number of halogens is 1. The molecule has 0 radical (unpaired) electrons. The van der Waals surface area contributed by atoms with Gasteiger partial charge in [-0.05, 0) is 18.2 Å². The molecule has 1 aromatic rings. The van der Waals surface area contributed by atoms with Crippen molar-refractivity contribution < 1.29 is 4.79 Å². The number of nitrogens with one attached hydrogen (secondary N) is 1. The molecule has 0 heterocycles. The van der Waals surface area contributed by atoms with E-state index in [1.54, 1.807) is 18.2 Å². The summed E-state index contributed by atoms with van der Waals surface area (Å²) in [5, 5.41) is 11.7. The maximum Gasteiger partial charge on any atom is 0.217 e. The van der Waals surface area contributed by atoms with E-state index in [0.717, 1.165) is 0 Å². The number of benzene rings is 1. The van der Waals surface area contributed by atoms with Crippen LogP contribution in [-0.4, -0.2) is 12.5 Å². The maximum atomic E-state index is 10.6. The van der Waals surface area contributed by atoms with Crippen LogP contribution in [-0.2, 0) is 4.79 Å². The standard InChI is InChI=1S/C12H9ClN2O/c1-9(16)15-6-2-3-10-4-5-12(13)11(7-10)8-14/h4-5,7H,6H2,1H3,(H,15,16). The van der Waals surface area contributed by atoms with Gasteiger partial charge in [-0.2, -0.15) is 5.26 Å². The van der Waals surface area contributed by atoms with Crippen molar-refractivity contribution in [3.8, 4) is 17.9 Å². The lowest BCUT2D eigenvalue weighted by molar-refractivity contribution is -0.118. The topological polar surface area (TPSA) is 52.9 Å². The maximum absolute atomic E-state index is 10.6. The van der Waals surface area contributed by atoms with Crippen LogP contribution in [0.3, 0.4) is 0 Å². The molecular formula is C12H9ClN2O. The van der Waals surface area contributed by atoms with Crippen molar-refractivity contribution in [2.75, 3.05) is 6.54 Å². The zero-order valence-electron chi connectivity index (χ0n) is 8.67. The first kappa shape index (κ1) is 12.1. The zero-order valence-corrected chi connectivity index (χ0v) is 9.43. The van der Waals surface area contributed by atoms with E-state index in [9.17, 15) is 4.79 Å². The van der Waals surface area contributed by atoms with E-state index < -0.39 is 0 Å². The van der Waals surface area contributed by atoms with Gasteiger partial charge in [0.05, 0.1) is 17.1 Å². The first-order valence-electron chi connectivity index (χ1n) is 4.56. The minimum Gasteiger partial charge on any atom is -0.345 e. The van der Waals surface area contributed by atoms with Crippen LogP contribution >= 0.6 is 11.6 Å². The molecule has 0 bridgehead atoms. The van der Waals surface area contributed by atoms with Crippen molar-refractivity contribution >= 4 is 17.5 Å². The molecule has 0 atom stereocenters. The molecule has 1 amide bonds. The summed E-state index contributed by atoms with van der Waals surface area (Å²) in [6.45, 7) is 1.72. The number of nitriles is 1. The van der Waals surface area contributed by atoms with Crippen molar-refractivity contribution in [3.05, 3.63) is 34.3 Å². The zero-order chi connectivity index (χ0) is 12.0. The van der Waals surface area contributed by atoms with E-state index in [1.165, 1.54) is 6.92 Å². The Morgan fingerprint density at radius 1 is 1.56 bits per heavy atom. The van der Waals surface area contributed by atoms with Gasteiger partial charge in [0.15, 0.2) is 0 Å². The molecule has 1 aromatic carbocycles. The van der Waals surface area contributed by atoms with E-state index in [-0.39, 0.29) is 5.91 Å². The van der Waals surface area contributed by atoms with Crippen LogP contribution in [0.25, 0.3) is 0 Å². The Kier molecular flexibility index (Phi) is 4.39. The third kappa shape index (κ3) is 3.65. The smallest absolute Gasteiger partial charge is 0.217 e. The van der Waals surface area contributed by atoms with Crippen LogP contribution in [0.5, 0.6) is 0 Å². The quantitative estimate of drug-likeness (QED) is 0.750. The largest absolute Gasteiger partial charge is 0.345 e. The Labute approximate surface area is 99.0 Å². The van der Waals surface area contributed by atoms with Crippen LogP contribution in [0.15, 0.2) is 18.2 Å². The van der Waals surface area contributed by atoms with Crippen molar-refractivity contribution in [2.45, 2.75) is 6.92 Å². The summed E-state index contributed by atoms with van der Waals surface area (Å²) in [5.74, 6) is 5.47. The summed E-state index contributed by atoms with van der Waals surface area (Å²) in [7, 11) is 0. The number of hydrogen-bond acceptors (Lipinski definition) is 2. The van der Waals surface area contributed by atoms with Crippen LogP contribution in [0.1, 0.15) is 18.1 Å². The molecule has 0 saturated carbocycles. The fourth-order valence-corrected chi connectivity index (χ4v) is 1.16. The Morgan fingerprint density at radius 3 is 2.94 bits per heavy atom. The number of amides is 1. The third-order valence-electron chi connectivity index (χ3n) is 1.75. The third-order valence-corrected chi connectivity index (χ3v) is 2.07. The van der Waals surface area contributed by atoms with Crippen molar-refractivity contribution in [1.82, 2.24) is 5.32 Å². The van der Waals surface area contributed by atoms with Crippen LogP contribution < -0.4 is 5.32 Å². The number of hydrogen-bond donors (Lipinski definition) is 1. The van der Waals surface area contributed by atoms with Crippen molar-refractivity contribution in [2.24, 2.45) is 0 Å². The van der Waals surface area contributed by atoms with E-state index >= 15 is 0 Å². The SMILES string of the molecule is CC(=O)NCC#Cc1ccc(Cl)c(C#N)c1. The highest BCUT2D eigenvalue weighted by atomic mass is 35.5. The molecule has 0 aromatic heterocycles. The molecule has 0 saturated heterocycles. The summed E-state index contributed by atoms with van der Waals surface area (Å²) in [6, 6.07) is 6.94. The summed E-state index contributed by atoms with van der Waals surface area (Å²) in [4.78, 5) is 10.6. The van der Waals surface area contributed by atoms with Gasteiger partial charge < -0.3 is 5.32 Å². The van der Waals surface area contributed by atoms with Gasteiger partial charge in [-0.1, -0.05) is 23.4 Å². The van der Waals surface area contributed by atoms with Crippen LogP contribution in [0, 0.1) is 23.2 Å². The molecule has 0 fully saturated rings. The fourth-order valence-electron chi connectivity index (χ4n) is 1.00. The molecule has 0 aliphatic heterocycles. The minimum atomic E-state index is -0.122. The van der Waals surface area contributed by atoms with Gasteiger partial charge in [0, 0.05) is 12.5 Å². The van der Waals surface area contributed by atoms with Gasteiger partial charge >= 0.3 is 0 Å². The van der Waals surface area contributed by atoms with Gasteiger partial charge in [-0.3, -0.25) is 4.79 Å². The normalized spacial score (nSPS) is 8.56. The Bertz CT molecular complexity index is 506. The number of nitrogens with zero attached hydrogens (tertiary/aromatic N) is 1. The second-order valence-corrected chi connectivity index (χ2v) is 3.43. The average molecular weight is 233 g/mol. The van der Waals surface area contributed by atoms with E-state index in [0.29, 0.717) is 22.7 Å². The molecule has 16 heavy (non-hydrogen) atoms. The Balaban J connectivity index is 2.75. The number of carbonyl (C=O) groups is 1. The second-order valence-electron chi connectivity index (χ2n) is 3.02. The van der Waals surface area contributed by atoms with E-state index in [2.05, 4.69) is 17.2 Å². The number of rotatable bonds is 1. The lowest BCUT2D eigenvalue weighted by Gasteiger charge is -1.95. The van der Waals surface area contributed by atoms with Gasteiger partial charge in [0.2, 0.25) is 5.91 Å². The van der Waals surface area contributed by atoms with Crippen LogP contribution in [0.4, 0.5) is 0 Å². The molecule has 1 N–H and O–H groups in total. The highest BCUT2D eigenvalue weighted by molar-refractivity contribution is 6.31. The molecule has 0 spiro atoms. The molecule has 3 nitrogen and oxygen atoms in total. The van der Waals surface area contributed by atoms with Gasteiger partial charge in [0.1, 0.15) is 6.07 Å². The monoisotopic (exact) mass is 232 g/mol. The molecule has 0 aliphatic rings. The summed E-state index contributed by atoms with van der Waals surface area (Å²) in [6.07, 6.45) is 0. The average Bonchev–Trinajstić information content (AvgIpc) is 2.26. The van der Waals surface area contributed by atoms with Gasteiger partial charge in [-0.25, -0.2) is 0 Å². The van der Waals surface area contributed by atoms with Crippen LogP contribution in [0.2, 0.25) is 5.02 Å². The number of carbonyl (C=O) groups excluding carboxylic acids is 1. The second kappa shape index (κ2) is 5.80. The predicted octanol–water partition coefficient (Wildman–Crippen LogP) is 1.70. The van der Waals surface area contributed by atoms with Crippen molar-refractivity contribution in [1.29, 1.82) is 5.26 Å². The summed E-state index contributed by atoms with van der Waals surface area (Å²) in [5.41, 5.74) is 1.10. The summed E-state index contributed by atoms with van der Waals surface area (Å²) < 4.78 is 0. The van der Waals surface area contributed by atoms with E-state index in [1.807, 2.05) is 6.07 Å². The summed E-state index contributed by atoms with van der Waals surface area (Å²) >= 11 is 5.77. The lowest BCUT2D eigenvalue weighted by Crippen LogP contribution is -2.19. The molecular weight excluding hydrogens is 224 g/mol. The molecule has 80 valence electrons. The van der Waals surface area contributed by atoms with Gasteiger partial charge in [0.25, 0.3) is 0 Å². The minimum absolute atomic E-state index is 0.122. The molecule has 0 aliphatic carbocycles. The van der Waals surface area contributed by atoms with Crippen molar-refractivity contribution in [3.63, 3.8) is 0 Å². The molecule has 4 heteroatoms. The lowest BCUT2D eigenvalue weighted by atomic mass is 10.1. The fraction of sp³-hybridized carbons (Fsp3) is 0.167.